The van der Waals surface area contributed by atoms with Gasteiger partial charge in [-0.2, -0.15) is 0 Å². The van der Waals surface area contributed by atoms with Crippen LogP contribution in [0.25, 0.3) is 0 Å². The number of rotatable bonds is 1. The Kier molecular flexibility index (Phi) is 14.3. The quantitative estimate of drug-likeness (QED) is 0.387. The van der Waals surface area contributed by atoms with Gasteiger partial charge in [-0.25, -0.2) is 0 Å². The molecule has 0 radical (unpaired) electrons. The molecule has 0 saturated heterocycles. The summed E-state index contributed by atoms with van der Waals surface area (Å²) in [5, 5.41) is 0.976. The molecule has 0 N–H and O–H groups in total. The Morgan fingerprint density at radius 1 is 0.800 bits per heavy atom. The molecule has 0 aliphatic rings. The van der Waals surface area contributed by atoms with Crippen molar-refractivity contribution in [3.63, 3.8) is 0 Å². The largest absolute Gasteiger partial charge is 2.00 e. The van der Waals surface area contributed by atoms with Gasteiger partial charge in [0.1, 0.15) is 0 Å². The van der Waals surface area contributed by atoms with Crippen LogP contribution in [-0.2, 0) is 20.4 Å². The average Bonchev–Trinajstić information content (AvgIpc) is 1.49. The Morgan fingerprint density at radius 2 is 1.00 bits per heavy atom. The summed E-state index contributed by atoms with van der Waals surface area (Å²) in [6, 6.07) is 0. The van der Waals surface area contributed by atoms with E-state index >= 15 is 0 Å². The summed E-state index contributed by atoms with van der Waals surface area (Å²) < 4.78 is 0. The van der Waals surface area contributed by atoms with E-state index in [1.165, 1.54) is 0 Å². The second-order valence-electron chi connectivity index (χ2n) is 5.81. The van der Waals surface area contributed by atoms with E-state index in [1.54, 1.807) is 0 Å². The van der Waals surface area contributed by atoms with Crippen molar-refractivity contribution in [2.45, 2.75) is 71.4 Å². The van der Waals surface area contributed by atoms with Gasteiger partial charge in [0.05, 0.1) is 0 Å². The van der Waals surface area contributed by atoms with Crippen molar-refractivity contribution in [1.82, 2.24) is 0 Å². The summed E-state index contributed by atoms with van der Waals surface area (Å²) >= 11 is 0. The van der Waals surface area contributed by atoms with Gasteiger partial charge in [0.15, 0.2) is 0 Å². The first-order valence-electron chi connectivity index (χ1n) is 4.86. The number of halogens is 1. The molecule has 0 nitrogen and oxygen atoms in total. The summed E-state index contributed by atoms with van der Waals surface area (Å²) in [5.74, 6) is 0. The van der Waals surface area contributed by atoms with Gasteiger partial charge in [-0.1, -0.05) is 63.3 Å². The average molecular weight is 345 g/mol. The van der Waals surface area contributed by atoms with E-state index in [4.69, 9.17) is 0 Å². The Morgan fingerprint density at radius 3 is 1.00 bits per heavy atom. The van der Waals surface area contributed by atoms with E-state index in [0.717, 1.165) is 5.66 Å². The van der Waals surface area contributed by atoms with Gasteiger partial charge in [0, 0.05) is 0 Å². The molecule has 0 bridgehead atoms. The fraction of sp³-hybridized carbons (Fsp3) is 0.917. The minimum absolute atomic E-state index is 0. The van der Waals surface area contributed by atoms with Crippen LogP contribution in [0.5, 0.6) is 0 Å². The molecule has 0 spiro atoms. The molecule has 0 aliphatic heterocycles. The second-order valence-corrected chi connectivity index (χ2v) is 10.3. The standard InChI is InChI=1S/C11H25P.CH3.ClH.Pd/c1-9(2)12(10(3,4)5)11(6,7)8;;;/h9H,1-8H3;1H3;1H;/q;-1;;+2/p-1. The Balaban J connectivity index is -0.000000202. The van der Waals surface area contributed by atoms with Crippen molar-refractivity contribution < 1.29 is 32.8 Å². The molecule has 0 saturated carbocycles. The van der Waals surface area contributed by atoms with Gasteiger partial charge in [0.2, 0.25) is 0 Å². The maximum absolute atomic E-state index is 2.38. The van der Waals surface area contributed by atoms with E-state index in [2.05, 4.69) is 55.4 Å². The van der Waals surface area contributed by atoms with Crippen LogP contribution >= 0.6 is 7.92 Å². The summed E-state index contributed by atoms with van der Waals surface area (Å²) in [6.45, 7) is 19.0. The topological polar surface area (TPSA) is 0 Å². The smallest absolute Gasteiger partial charge is 1.00 e. The Hall–Kier alpha value is 1.38. The molecule has 0 aromatic carbocycles. The first-order valence-corrected chi connectivity index (χ1v) is 6.27. The van der Waals surface area contributed by atoms with Crippen LogP contribution in [0.15, 0.2) is 0 Å². The summed E-state index contributed by atoms with van der Waals surface area (Å²) in [6.07, 6.45) is 0. The van der Waals surface area contributed by atoms with E-state index in [-0.39, 0.29) is 48.2 Å². The fourth-order valence-corrected chi connectivity index (χ4v) is 7.67. The molecule has 0 atom stereocenters. The molecule has 0 amide bonds. The van der Waals surface area contributed by atoms with E-state index < -0.39 is 0 Å². The molecule has 0 rings (SSSR count). The molecule has 0 heterocycles. The first-order chi connectivity index (χ1) is 5.07. The zero-order chi connectivity index (χ0) is 10.2. The van der Waals surface area contributed by atoms with Gasteiger partial charge in [-0.3, -0.25) is 0 Å². The molecule has 0 aromatic heterocycles. The molecule has 0 aliphatic carbocycles. The van der Waals surface area contributed by atoms with Crippen LogP contribution in [-0.4, -0.2) is 16.0 Å². The SMILES string of the molecule is CC(C)P(C(C)(C)C)C(C)(C)C.[CH3-].[Cl-].[Pd+2]. The molecule has 0 unspecified atom stereocenters. The second kappa shape index (κ2) is 8.47. The van der Waals surface area contributed by atoms with Crippen LogP contribution in [0.3, 0.4) is 0 Å². The molecular weight excluding hydrogens is 317 g/mol. The first kappa shape index (κ1) is 25.3. The Labute approximate surface area is 119 Å². The zero-order valence-corrected chi connectivity index (χ0v) is 14.9. The number of hydrogen-bond acceptors (Lipinski definition) is 0. The van der Waals surface area contributed by atoms with Crippen LogP contribution in [0.4, 0.5) is 0 Å². The van der Waals surface area contributed by atoms with Gasteiger partial charge < -0.3 is 19.8 Å². The van der Waals surface area contributed by atoms with E-state index in [1.807, 2.05) is 0 Å². The zero-order valence-electron chi connectivity index (χ0n) is 11.7. The van der Waals surface area contributed by atoms with Crippen molar-refractivity contribution in [2.75, 3.05) is 0 Å². The van der Waals surface area contributed by atoms with Crippen LogP contribution in [0.2, 0.25) is 0 Å². The van der Waals surface area contributed by atoms with Crippen LogP contribution < -0.4 is 12.4 Å². The minimum Gasteiger partial charge on any atom is -1.00 e. The molecule has 15 heavy (non-hydrogen) atoms. The summed E-state index contributed by atoms with van der Waals surface area (Å²) in [5.41, 5.74) is 0.833. The third-order valence-electron chi connectivity index (χ3n) is 1.96. The van der Waals surface area contributed by atoms with E-state index in [9.17, 15) is 0 Å². The van der Waals surface area contributed by atoms with Crippen molar-refractivity contribution >= 4 is 7.92 Å². The molecule has 0 aromatic rings. The third kappa shape index (κ3) is 9.12. The van der Waals surface area contributed by atoms with Crippen molar-refractivity contribution in [2.24, 2.45) is 0 Å². The maximum Gasteiger partial charge on any atom is 2.00 e. The van der Waals surface area contributed by atoms with Crippen molar-refractivity contribution in [3.8, 4) is 0 Å². The molecule has 0 fully saturated rings. The van der Waals surface area contributed by atoms with Gasteiger partial charge in [-0.05, 0) is 16.0 Å². The normalized spacial score (nSPS) is 11.6. The molecule has 98 valence electrons. The van der Waals surface area contributed by atoms with Gasteiger partial charge in [-0.15, -0.1) is 0 Å². The summed E-state index contributed by atoms with van der Waals surface area (Å²) in [7, 11) is 0.0983. The summed E-state index contributed by atoms with van der Waals surface area (Å²) in [4.78, 5) is 0. The third-order valence-corrected chi connectivity index (χ3v) is 5.89. The maximum atomic E-state index is 2.38. The van der Waals surface area contributed by atoms with Crippen molar-refractivity contribution in [3.05, 3.63) is 7.43 Å². The van der Waals surface area contributed by atoms with Crippen LogP contribution in [0, 0.1) is 7.43 Å². The molecular formula is C12H28ClPPd. The van der Waals surface area contributed by atoms with Crippen molar-refractivity contribution in [1.29, 1.82) is 0 Å². The minimum atomic E-state index is 0. The Bertz CT molecular complexity index is 131. The van der Waals surface area contributed by atoms with Gasteiger partial charge in [0.25, 0.3) is 0 Å². The van der Waals surface area contributed by atoms with E-state index in [0.29, 0.717) is 10.3 Å². The predicted molar refractivity (Wildman–Crippen MR) is 68.0 cm³/mol. The molecule has 3 heteroatoms. The van der Waals surface area contributed by atoms with Crippen LogP contribution in [0.1, 0.15) is 55.4 Å². The monoisotopic (exact) mass is 344 g/mol. The fourth-order valence-electron chi connectivity index (χ4n) is 2.56. The number of hydrogen-bond donors (Lipinski definition) is 0. The van der Waals surface area contributed by atoms with Gasteiger partial charge >= 0.3 is 20.4 Å². The predicted octanol–water partition coefficient (Wildman–Crippen LogP) is 1.93.